The van der Waals surface area contributed by atoms with Gasteiger partial charge in [-0.3, -0.25) is 4.79 Å². The van der Waals surface area contributed by atoms with Crippen molar-refractivity contribution in [2.24, 2.45) is 11.7 Å². The summed E-state index contributed by atoms with van der Waals surface area (Å²) in [7, 11) is 0. The molecular formula is C17H21NO2. The fourth-order valence-corrected chi connectivity index (χ4v) is 2.74. The van der Waals surface area contributed by atoms with Gasteiger partial charge in [0.15, 0.2) is 0 Å². The number of rotatable bonds is 5. The van der Waals surface area contributed by atoms with Crippen LogP contribution >= 0.6 is 0 Å². The van der Waals surface area contributed by atoms with Crippen LogP contribution in [-0.2, 0) is 4.79 Å². The second-order valence-electron chi connectivity index (χ2n) is 5.56. The monoisotopic (exact) mass is 271 g/mol. The first kappa shape index (κ1) is 14.5. The summed E-state index contributed by atoms with van der Waals surface area (Å²) in [6.07, 6.45) is 0.844. The number of carboxylic acid groups (broad SMARTS) is 1. The summed E-state index contributed by atoms with van der Waals surface area (Å²) >= 11 is 0. The SMILES string of the molecule is Cc1ccc(C(N)CC(C)CC(=O)O)c2ccccc12. The molecule has 0 aliphatic carbocycles. The van der Waals surface area contributed by atoms with Crippen molar-refractivity contribution < 1.29 is 9.90 Å². The Bertz CT molecular complexity index is 621. The molecule has 3 heteroatoms. The van der Waals surface area contributed by atoms with Gasteiger partial charge in [0.25, 0.3) is 0 Å². The van der Waals surface area contributed by atoms with Crippen LogP contribution in [0.2, 0.25) is 0 Å². The summed E-state index contributed by atoms with van der Waals surface area (Å²) in [4.78, 5) is 10.7. The third-order valence-electron chi connectivity index (χ3n) is 3.75. The lowest BCUT2D eigenvalue weighted by Gasteiger charge is -2.19. The Balaban J connectivity index is 2.28. The van der Waals surface area contributed by atoms with Gasteiger partial charge in [-0.25, -0.2) is 0 Å². The Kier molecular flexibility index (Phi) is 4.40. The Hall–Kier alpha value is -1.87. The lowest BCUT2D eigenvalue weighted by Crippen LogP contribution is -2.16. The maximum absolute atomic E-state index is 10.7. The fraction of sp³-hybridized carbons (Fsp3) is 0.353. The minimum absolute atomic E-state index is 0.0718. The van der Waals surface area contributed by atoms with Crippen LogP contribution in [0.15, 0.2) is 36.4 Å². The van der Waals surface area contributed by atoms with Gasteiger partial charge in [-0.2, -0.15) is 0 Å². The molecule has 0 aliphatic heterocycles. The number of hydrogen-bond acceptors (Lipinski definition) is 2. The van der Waals surface area contributed by atoms with E-state index in [-0.39, 0.29) is 18.4 Å². The molecular weight excluding hydrogens is 250 g/mol. The Morgan fingerprint density at radius 1 is 1.20 bits per heavy atom. The third kappa shape index (κ3) is 3.17. The van der Waals surface area contributed by atoms with Crippen molar-refractivity contribution in [1.29, 1.82) is 0 Å². The van der Waals surface area contributed by atoms with Crippen LogP contribution < -0.4 is 5.73 Å². The highest BCUT2D eigenvalue weighted by atomic mass is 16.4. The molecule has 0 saturated carbocycles. The zero-order valence-electron chi connectivity index (χ0n) is 12.0. The maximum atomic E-state index is 10.7. The molecule has 3 nitrogen and oxygen atoms in total. The zero-order valence-corrected chi connectivity index (χ0v) is 12.0. The predicted octanol–water partition coefficient (Wildman–Crippen LogP) is 3.65. The second-order valence-corrected chi connectivity index (χ2v) is 5.56. The van der Waals surface area contributed by atoms with E-state index in [1.54, 1.807) is 0 Å². The van der Waals surface area contributed by atoms with Crippen molar-refractivity contribution in [3.05, 3.63) is 47.5 Å². The van der Waals surface area contributed by atoms with Gasteiger partial charge >= 0.3 is 5.97 Å². The highest BCUT2D eigenvalue weighted by Crippen LogP contribution is 2.29. The minimum Gasteiger partial charge on any atom is -0.481 e. The molecule has 0 heterocycles. The standard InChI is InChI=1S/C17H21NO2/c1-11(10-17(19)20)9-16(18)15-8-7-12(2)13-5-3-4-6-14(13)15/h3-8,11,16H,9-10,18H2,1-2H3,(H,19,20). The van der Waals surface area contributed by atoms with Crippen LogP contribution in [0.3, 0.4) is 0 Å². The first-order chi connectivity index (χ1) is 9.49. The summed E-state index contributed by atoms with van der Waals surface area (Å²) < 4.78 is 0. The largest absolute Gasteiger partial charge is 0.481 e. The van der Waals surface area contributed by atoms with Gasteiger partial charge in [0, 0.05) is 12.5 Å². The van der Waals surface area contributed by atoms with E-state index in [0.717, 1.165) is 5.56 Å². The number of hydrogen-bond donors (Lipinski definition) is 2. The number of fused-ring (bicyclic) bond motifs is 1. The van der Waals surface area contributed by atoms with E-state index < -0.39 is 5.97 Å². The molecule has 0 spiro atoms. The van der Waals surface area contributed by atoms with Gasteiger partial charge in [-0.15, -0.1) is 0 Å². The van der Waals surface area contributed by atoms with Crippen LogP contribution in [0, 0.1) is 12.8 Å². The maximum Gasteiger partial charge on any atom is 0.303 e. The van der Waals surface area contributed by atoms with E-state index in [2.05, 4.69) is 31.2 Å². The van der Waals surface area contributed by atoms with E-state index in [0.29, 0.717) is 6.42 Å². The Labute approximate surface area is 119 Å². The average Bonchev–Trinajstić information content (AvgIpc) is 2.38. The molecule has 2 aromatic rings. The summed E-state index contributed by atoms with van der Waals surface area (Å²) in [5.74, 6) is -0.693. The molecule has 0 amide bonds. The summed E-state index contributed by atoms with van der Waals surface area (Å²) in [5, 5.41) is 11.2. The molecule has 2 atom stereocenters. The zero-order chi connectivity index (χ0) is 14.7. The molecule has 20 heavy (non-hydrogen) atoms. The van der Waals surface area contributed by atoms with E-state index in [1.165, 1.54) is 16.3 Å². The quantitative estimate of drug-likeness (QED) is 0.872. The van der Waals surface area contributed by atoms with Crippen LogP contribution in [0.5, 0.6) is 0 Å². The number of nitrogens with two attached hydrogens (primary N) is 1. The van der Waals surface area contributed by atoms with Crippen molar-refractivity contribution >= 4 is 16.7 Å². The molecule has 0 saturated heterocycles. The molecule has 0 radical (unpaired) electrons. The Morgan fingerprint density at radius 2 is 1.85 bits per heavy atom. The lowest BCUT2D eigenvalue weighted by atomic mass is 9.90. The van der Waals surface area contributed by atoms with Gasteiger partial charge in [0.05, 0.1) is 0 Å². The van der Waals surface area contributed by atoms with Gasteiger partial charge in [-0.1, -0.05) is 43.3 Å². The molecule has 2 unspecified atom stereocenters. The molecule has 0 bridgehead atoms. The number of benzene rings is 2. The number of carboxylic acids is 1. The van der Waals surface area contributed by atoms with Crippen molar-refractivity contribution in [3.63, 3.8) is 0 Å². The minimum atomic E-state index is -0.765. The topological polar surface area (TPSA) is 63.3 Å². The van der Waals surface area contributed by atoms with Crippen LogP contribution in [0.25, 0.3) is 10.8 Å². The van der Waals surface area contributed by atoms with Crippen LogP contribution in [-0.4, -0.2) is 11.1 Å². The average molecular weight is 271 g/mol. The van der Waals surface area contributed by atoms with Crippen molar-refractivity contribution in [2.75, 3.05) is 0 Å². The van der Waals surface area contributed by atoms with E-state index in [9.17, 15) is 4.79 Å². The second kappa shape index (κ2) is 6.06. The highest BCUT2D eigenvalue weighted by molar-refractivity contribution is 5.88. The van der Waals surface area contributed by atoms with E-state index in [4.69, 9.17) is 10.8 Å². The van der Waals surface area contributed by atoms with Crippen LogP contribution in [0.1, 0.15) is 36.9 Å². The first-order valence-corrected chi connectivity index (χ1v) is 6.94. The van der Waals surface area contributed by atoms with Gasteiger partial charge < -0.3 is 10.8 Å². The van der Waals surface area contributed by atoms with Crippen molar-refractivity contribution in [2.45, 2.75) is 32.7 Å². The van der Waals surface area contributed by atoms with Crippen molar-refractivity contribution in [3.8, 4) is 0 Å². The fourth-order valence-electron chi connectivity index (χ4n) is 2.74. The molecule has 3 N–H and O–H groups in total. The molecule has 0 aliphatic rings. The molecule has 2 aromatic carbocycles. The summed E-state index contributed by atoms with van der Waals surface area (Å²) in [6, 6.07) is 12.2. The lowest BCUT2D eigenvalue weighted by molar-refractivity contribution is -0.138. The summed E-state index contributed by atoms with van der Waals surface area (Å²) in [6.45, 7) is 4.02. The smallest absolute Gasteiger partial charge is 0.303 e. The number of aryl methyl sites for hydroxylation is 1. The molecule has 2 rings (SSSR count). The number of carbonyl (C=O) groups is 1. The van der Waals surface area contributed by atoms with E-state index in [1.807, 2.05) is 19.1 Å². The highest BCUT2D eigenvalue weighted by Gasteiger charge is 2.16. The Morgan fingerprint density at radius 3 is 2.50 bits per heavy atom. The van der Waals surface area contributed by atoms with Gasteiger partial charge in [-0.05, 0) is 41.2 Å². The molecule has 0 fully saturated rings. The van der Waals surface area contributed by atoms with Gasteiger partial charge in [0.1, 0.15) is 0 Å². The van der Waals surface area contributed by atoms with Gasteiger partial charge in [0.2, 0.25) is 0 Å². The summed E-state index contributed by atoms with van der Waals surface area (Å²) in [5.41, 5.74) is 8.63. The van der Waals surface area contributed by atoms with Crippen molar-refractivity contribution in [1.82, 2.24) is 0 Å². The molecule has 106 valence electrons. The predicted molar refractivity (Wildman–Crippen MR) is 81.6 cm³/mol. The molecule has 0 aromatic heterocycles. The first-order valence-electron chi connectivity index (χ1n) is 6.94. The van der Waals surface area contributed by atoms with E-state index >= 15 is 0 Å². The normalized spacial score (nSPS) is 14.2. The third-order valence-corrected chi connectivity index (χ3v) is 3.75. The van der Waals surface area contributed by atoms with Crippen LogP contribution in [0.4, 0.5) is 0 Å². The number of aliphatic carboxylic acids is 1.